The quantitative estimate of drug-likeness (QED) is 0.602. The minimum atomic E-state index is 0.549. The van der Waals surface area contributed by atoms with Crippen LogP contribution in [0.4, 0.5) is 5.13 Å². The van der Waals surface area contributed by atoms with Crippen LogP contribution in [0.3, 0.4) is 0 Å². The van der Waals surface area contributed by atoms with Crippen molar-refractivity contribution in [3.8, 4) is 11.5 Å². The number of halogens is 1. The lowest BCUT2D eigenvalue weighted by Crippen LogP contribution is -2.00. The molecule has 2 rings (SSSR count). The molecule has 2 aromatic rings. The smallest absolute Gasteiger partial charge is 0.203 e. The molecule has 7 heteroatoms. The zero-order valence-electron chi connectivity index (χ0n) is 12.7. The van der Waals surface area contributed by atoms with Crippen LogP contribution in [0, 0.1) is 6.92 Å². The summed E-state index contributed by atoms with van der Waals surface area (Å²) >= 11 is 7.75. The highest BCUT2D eigenvalue weighted by atomic mass is 35.5. The van der Waals surface area contributed by atoms with Crippen molar-refractivity contribution >= 4 is 34.3 Å². The Morgan fingerprint density at radius 1 is 1.27 bits per heavy atom. The van der Waals surface area contributed by atoms with Crippen molar-refractivity contribution in [2.75, 3.05) is 18.6 Å². The molecule has 0 saturated carbocycles. The Bertz CT molecular complexity index is 658. The number of hydrazone groups is 1. The largest absolute Gasteiger partial charge is 0.490 e. The summed E-state index contributed by atoms with van der Waals surface area (Å²) in [6.45, 7) is 6.87. The number of nitrogens with zero attached hydrogens (tertiary/aromatic N) is 2. The second-order valence-electron chi connectivity index (χ2n) is 4.35. The number of ether oxygens (including phenoxy) is 2. The molecule has 1 aromatic carbocycles. The molecule has 0 bridgehead atoms. The van der Waals surface area contributed by atoms with Crippen LogP contribution in [-0.4, -0.2) is 24.4 Å². The summed E-state index contributed by atoms with van der Waals surface area (Å²) < 4.78 is 11.1. The zero-order valence-corrected chi connectivity index (χ0v) is 14.3. The van der Waals surface area contributed by atoms with E-state index in [4.69, 9.17) is 21.1 Å². The van der Waals surface area contributed by atoms with Gasteiger partial charge >= 0.3 is 0 Å². The number of nitrogens with one attached hydrogen (secondary N) is 1. The summed E-state index contributed by atoms with van der Waals surface area (Å²) in [7, 11) is 0. The Labute approximate surface area is 138 Å². The fraction of sp³-hybridized carbons (Fsp3) is 0.333. The van der Waals surface area contributed by atoms with Gasteiger partial charge in [-0.25, -0.2) is 4.98 Å². The molecule has 0 saturated heterocycles. The number of benzene rings is 1. The van der Waals surface area contributed by atoms with Gasteiger partial charge in [-0.05, 0) is 26.8 Å². The predicted molar refractivity (Wildman–Crippen MR) is 91.9 cm³/mol. The maximum Gasteiger partial charge on any atom is 0.203 e. The van der Waals surface area contributed by atoms with E-state index < -0.39 is 0 Å². The number of hydrogen-bond donors (Lipinski definition) is 1. The van der Waals surface area contributed by atoms with Crippen molar-refractivity contribution in [2.24, 2.45) is 5.10 Å². The van der Waals surface area contributed by atoms with Gasteiger partial charge in [0.1, 0.15) is 0 Å². The van der Waals surface area contributed by atoms with E-state index in [0.29, 0.717) is 29.7 Å². The lowest BCUT2D eigenvalue weighted by molar-refractivity contribution is 0.288. The highest BCUT2D eigenvalue weighted by Crippen LogP contribution is 2.33. The van der Waals surface area contributed by atoms with E-state index >= 15 is 0 Å². The topological polar surface area (TPSA) is 55.7 Å². The van der Waals surface area contributed by atoms with E-state index in [9.17, 15) is 0 Å². The number of thiazole rings is 1. The molecule has 1 N–H and O–H groups in total. The standard InChI is InChI=1S/C15H18ClN3O2S/c1-4-20-13-6-11(12(16)7-14(13)21-5-2)8-17-19-15-18-10(3)9-22-15/h6-9H,4-5H2,1-3H3,(H,18,19). The van der Waals surface area contributed by atoms with Gasteiger partial charge in [0.15, 0.2) is 11.5 Å². The SMILES string of the molecule is CCOc1cc(Cl)c(C=NNc2nc(C)cs2)cc1OCC. The van der Waals surface area contributed by atoms with Crippen molar-refractivity contribution in [1.29, 1.82) is 0 Å². The fourth-order valence-corrected chi connectivity index (χ4v) is 2.59. The van der Waals surface area contributed by atoms with Crippen molar-refractivity contribution in [3.63, 3.8) is 0 Å². The summed E-state index contributed by atoms with van der Waals surface area (Å²) in [6, 6.07) is 3.56. The van der Waals surface area contributed by atoms with Gasteiger partial charge in [-0.2, -0.15) is 5.10 Å². The first-order valence-corrected chi connectivity index (χ1v) is 8.20. The fourth-order valence-electron chi connectivity index (χ4n) is 1.75. The average molecular weight is 340 g/mol. The summed E-state index contributed by atoms with van der Waals surface area (Å²) in [5.74, 6) is 1.29. The Balaban J connectivity index is 2.17. The maximum absolute atomic E-state index is 6.26. The molecule has 0 unspecified atom stereocenters. The van der Waals surface area contributed by atoms with E-state index in [1.165, 1.54) is 11.3 Å². The van der Waals surface area contributed by atoms with E-state index in [1.54, 1.807) is 12.3 Å². The van der Waals surface area contributed by atoms with E-state index in [0.717, 1.165) is 16.4 Å². The first-order chi connectivity index (χ1) is 10.6. The monoisotopic (exact) mass is 339 g/mol. The Kier molecular flexibility index (Phi) is 6.03. The minimum Gasteiger partial charge on any atom is -0.490 e. The van der Waals surface area contributed by atoms with Crippen LogP contribution >= 0.6 is 22.9 Å². The van der Waals surface area contributed by atoms with E-state index in [-0.39, 0.29) is 0 Å². The second kappa shape index (κ2) is 8.00. The number of rotatable bonds is 7. The van der Waals surface area contributed by atoms with Crippen molar-refractivity contribution < 1.29 is 9.47 Å². The van der Waals surface area contributed by atoms with Crippen LogP contribution in [0.2, 0.25) is 5.02 Å². The van der Waals surface area contributed by atoms with Crippen LogP contribution in [0.1, 0.15) is 25.1 Å². The first-order valence-electron chi connectivity index (χ1n) is 6.94. The van der Waals surface area contributed by atoms with Crippen LogP contribution in [-0.2, 0) is 0 Å². The van der Waals surface area contributed by atoms with Crippen LogP contribution < -0.4 is 14.9 Å². The molecule has 0 aliphatic carbocycles. The van der Waals surface area contributed by atoms with Crippen LogP contribution in [0.15, 0.2) is 22.6 Å². The first kappa shape index (κ1) is 16.6. The van der Waals surface area contributed by atoms with Crippen LogP contribution in [0.25, 0.3) is 0 Å². The minimum absolute atomic E-state index is 0.549. The molecule has 0 atom stereocenters. The molecule has 0 spiro atoms. The van der Waals surface area contributed by atoms with Crippen LogP contribution in [0.5, 0.6) is 11.5 Å². The third-order valence-electron chi connectivity index (χ3n) is 2.65. The Morgan fingerprint density at radius 2 is 1.95 bits per heavy atom. The molecule has 1 aromatic heterocycles. The van der Waals surface area contributed by atoms with Gasteiger partial charge in [0.2, 0.25) is 5.13 Å². The Hall–Kier alpha value is -1.79. The average Bonchev–Trinajstić information content (AvgIpc) is 2.89. The molecule has 22 heavy (non-hydrogen) atoms. The van der Waals surface area contributed by atoms with Gasteiger partial charge in [-0.1, -0.05) is 11.6 Å². The van der Waals surface area contributed by atoms with Crippen molar-refractivity contribution in [1.82, 2.24) is 4.98 Å². The van der Waals surface area contributed by atoms with Gasteiger partial charge in [-0.15, -0.1) is 11.3 Å². The number of hydrogen-bond acceptors (Lipinski definition) is 6. The lowest BCUT2D eigenvalue weighted by Gasteiger charge is -2.12. The molecule has 0 aliphatic heterocycles. The van der Waals surface area contributed by atoms with Gasteiger partial charge < -0.3 is 9.47 Å². The number of aryl methyl sites for hydroxylation is 1. The molecule has 0 aliphatic rings. The molecule has 5 nitrogen and oxygen atoms in total. The predicted octanol–water partition coefficient (Wildman–Crippen LogP) is 4.35. The number of anilines is 1. The molecule has 0 fully saturated rings. The molecule has 0 amide bonds. The Morgan fingerprint density at radius 3 is 2.55 bits per heavy atom. The highest BCUT2D eigenvalue weighted by Gasteiger charge is 2.09. The maximum atomic E-state index is 6.26. The van der Waals surface area contributed by atoms with Gasteiger partial charge in [0, 0.05) is 17.0 Å². The molecule has 118 valence electrons. The summed E-state index contributed by atoms with van der Waals surface area (Å²) in [5, 5.41) is 7.39. The second-order valence-corrected chi connectivity index (χ2v) is 5.62. The molecule has 0 radical (unpaired) electrons. The van der Waals surface area contributed by atoms with E-state index in [1.807, 2.05) is 32.2 Å². The summed E-state index contributed by atoms with van der Waals surface area (Å²) in [5.41, 5.74) is 4.58. The van der Waals surface area contributed by atoms with Gasteiger partial charge in [-0.3, -0.25) is 5.43 Å². The normalized spacial score (nSPS) is 10.9. The molecular weight excluding hydrogens is 322 g/mol. The summed E-state index contributed by atoms with van der Waals surface area (Å²) in [6.07, 6.45) is 1.64. The van der Waals surface area contributed by atoms with Gasteiger partial charge in [0.25, 0.3) is 0 Å². The third-order valence-corrected chi connectivity index (χ3v) is 3.84. The molecule has 1 heterocycles. The van der Waals surface area contributed by atoms with Crippen molar-refractivity contribution in [3.05, 3.63) is 33.8 Å². The summed E-state index contributed by atoms with van der Waals surface area (Å²) in [4.78, 5) is 4.27. The van der Waals surface area contributed by atoms with E-state index in [2.05, 4.69) is 15.5 Å². The number of aromatic nitrogens is 1. The zero-order chi connectivity index (χ0) is 15.9. The lowest BCUT2D eigenvalue weighted by atomic mass is 10.2. The highest BCUT2D eigenvalue weighted by molar-refractivity contribution is 7.13. The van der Waals surface area contributed by atoms with Crippen molar-refractivity contribution in [2.45, 2.75) is 20.8 Å². The third kappa shape index (κ3) is 4.35. The van der Waals surface area contributed by atoms with Gasteiger partial charge in [0.05, 0.1) is 30.1 Å². The molecular formula is C15H18ClN3O2S.